The zero-order valence-electron chi connectivity index (χ0n) is 3.72. The lowest BCUT2D eigenvalue weighted by Gasteiger charge is -1.81. The van der Waals surface area contributed by atoms with E-state index in [0.29, 0.717) is 5.92 Å². The molecule has 0 spiro atoms. The summed E-state index contributed by atoms with van der Waals surface area (Å²) >= 11 is 0. The van der Waals surface area contributed by atoms with Crippen molar-refractivity contribution in [3.05, 3.63) is 0 Å². The van der Waals surface area contributed by atoms with Crippen molar-refractivity contribution >= 4 is 0 Å². The molecule has 1 fully saturated rings. The Hall–Kier alpha value is -0.0800. The second-order valence-corrected chi connectivity index (χ2v) is 1.86. The fraction of sp³-hybridized carbons (Fsp3) is 1.00. The lowest BCUT2D eigenvalue weighted by Crippen LogP contribution is -1.86. The van der Waals surface area contributed by atoms with Crippen molar-refractivity contribution < 1.29 is 10.1 Å². The van der Waals surface area contributed by atoms with Crippen LogP contribution in [0.3, 0.4) is 0 Å². The minimum Gasteiger partial charge on any atom is -0.252 e. The standard InChI is InChI=1S/C4H8O2/c1-3-2-4(3)6-5/h3-5H,2H2,1H3. The second kappa shape index (κ2) is 1.21. The first kappa shape index (κ1) is 4.09. The first-order chi connectivity index (χ1) is 2.84. The number of hydrogen-bond donors (Lipinski definition) is 1. The highest BCUT2D eigenvalue weighted by atomic mass is 17.1. The van der Waals surface area contributed by atoms with Crippen molar-refractivity contribution in [3.8, 4) is 0 Å². The van der Waals surface area contributed by atoms with Gasteiger partial charge in [0.15, 0.2) is 0 Å². The summed E-state index contributed by atoms with van der Waals surface area (Å²) in [5.41, 5.74) is 0. The third-order valence-electron chi connectivity index (χ3n) is 1.17. The molecule has 0 aromatic heterocycles. The maximum absolute atomic E-state index is 7.88. The Morgan fingerprint density at radius 3 is 2.33 bits per heavy atom. The Labute approximate surface area is 36.7 Å². The van der Waals surface area contributed by atoms with Gasteiger partial charge < -0.3 is 0 Å². The van der Waals surface area contributed by atoms with Crippen LogP contribution in [0.2, 0.25) is 0 Å². The van der Waals surface area contributed by atoms with Gasteiger partial charge in [-0.05, 0) is 12.3 Å². The Balaban J connectivity index is 2.09. The smallest absolute Gasteiger partial charge is 0.0957 e. The number of rotatable bonds is 1. The molecule has 0 amide bonds. The monoisotopic (exact) mass is 88.1 g/mol. The van der Waals surface area contributed by atoms with Crippen LogP contribution in [0.25, 0.3) is 0 Å². The van der Waals surface area contributed by atoms with Gasteiger partial charge in [-0.15, -0.1) is 0 Å². The van der Waals surface area contributed by atoms with E-state index in [1.165, 1.54) is 0 Å². The minimum absolute atomic E-state index is 0.157. The summed E-state index contributed by atoms with van der Waals surface area (Å²) in [5.74, 6) is 0.593. The van der Waals surface area contributed by atoms with E-state index in [0.717, 1.165) is 6.42 Å². The molecule has 1 saturated carbocycles. The third kappa shape index (κ3) is 0.533. The predicted molar refractivity (Wildman–Crippen MR) is 21.3 cm³/mol. The van der Waals surface area contributed by atoms with E-state index in [-0.39, 0.29) is 6.10 Å². The molecular formula is C4H8O2. The topological polar surface area (TPSA) is 29.5 Å². The molecule has 1 rings (SSSR count). The Bertz CT molecular complexity index is 51.5. The summed E-state index contributed by atoms with van der Waals surface area (Å²) in [5, 5.41) is 7.88. The maximum atomic E-state index is 7.88. The number of hydrogen-bond acceptors (Lipinski definition) is 2. The van der Waals surface area contributed by atoms with Gasteiger partial charge in [-0.3, -0.25) is 5.26 Å². The Morgan fingerprint density at radius 2 is 2.33 bits per heavy atom. The van der Waals surface area contributed by atoms with Gasteiger partial charge in [0.05, 0.1) is 6.10 Å². The van der Waals surface area contributed by atoms with E-state index in [9.17, 15) is 0 Å². The largest absolute Gasteiger partial charge is 0.252 e. The SMILES string of the molecule is CC1CC1OO. The lowest BCUT2D eigenvalue weighted by atomic mass is 10.5. The van der Waals surface area contributed by atoms with E-state index >= 15 is 0 Å². The van der Waals surface area contributed by atoms with Gasteiger partial charge in [0.25, 0.3) is 0 Å². The molecule has 6 heavy (non-hydrogen) atoms. The molecule has 2 unspecified atom stereocenters. The zero-order valence-corrected chi connectivity index (χ0v) is 3.72. The molecule has 1 aliphatic rings. The summed E-state index contributed by atoms with van der Waals surface area (Å²) in [4.78, 5) is 3.97. The van der Waals surface area contributed by atoms with E-state index in [1.54, 1.807) is 0 Å². The highest BCUT2D eigenvalue weighted by molar-refractivity contribution is 4.81. The van der Waals surface area contributed by atoms with Gasteiger partial charge in [0.1, 0.15) is 0 Å². The van der Waals surface area contributed by atoms with E-state index in [2.05, 4.69) is 4.89 Å². The molecule has 36 valence electrons. The van der Waals surface area contributed by atoms with Crippen LogP contribution in [0, 0.1) is 5.92 Å². The van der Waals surface area contributed by atoms with Crippen LogP contribution in [-0.2, 0) is 4.89 Å². The molecule has 0 radical (unpaired) electrons. The van der Waals surface area contributed by atoms with Crippen LogP contribution >= 0.6 is 0 Å². The van der Waals surface area contributed by atoms with Crippen LogP contribution in [0.1, 0.15) is 13.3 Å². The molecule has 2 heteroatoms. The zero-order chi connectivity index (χ0) is 4.57. The van der Waals surface area contributed by atoms with Crippen molar-refractivity contribution in [1.82, 2.24) is 0 Å². The average molecular weight is 88.1 g/mol. The van der Waals surface area contributed by atoms with Crippen molar-refractivity contribution in [1.29, 1.82) is 0 Å². The van der Waals surface area contributed by atoms with E-state index < -0.39 is 0 Å². The Kier molecular flexibility index (Phi) is 0.821. The van der Waals surface area contributed by atoms with Crippen molar-refractivity contribution in [2.75, 3.05) is 0 Å². The highest BCUT2D eigenvalue weighted by Gasteiger charge is 2.33. The summed E-state index contributed by atoms with van der Waals surface area (Å²) in [6.07, 6.45) is 1.18. The summed E-state index contributed by atoms with van der Waals surface area (Å²) in [7, 11) is 0. The molecule has 1 aliphatic carbocycles. The van der Waals surface area contributed by atoms with E-state index in [4.69, 9.17) is 5.26 Å². The summed E-state index contributed by atoms with van der Waals surface area (Å²) < 4.78 is 0. The van der Waals surface area contributed by atoms with Crippen LogP contribution in [0.4, 0.5) is 0 Å². The fourth-order valence-electron chi connectivity index (χ4n) is 0.435. The maximum Gasteiger partial charge on any atom is 0.0957 e. The minimum atomic E-state index is 0.157. The molecule has 2 atom stereocenters. The van der Waals surface area contributed by atoms with Crippen LogP contribution < -0.4 is 0 Å². The molecule has 1 N–H and O–H groups in total. The van der Waals surface area contributed by atoms with Crippen LogP contribution in [-0.4, -0.2) is 11.4 Å². The molecule has 0 bridgehead atoms. The van der Waals surface area contributed by atoms with E-state index in [1.807, 2.05) is 6.92 Å². The molecule has 0 saturated heterocycles. The molecule has 0 heterocycles. The van der Waals surface area contributed by atoms with Crippen LogP contribution in [0.15, 0.2) is 0 Å². The quantitative estimate of drug-likeness (QED) is 0.381. The molecule has 0 aromatic rings. The van der Waals surface area contributed by atoms with Gasteiger partial charge in [-0.1, -0.05) is 6.92 Å². The first-order valence-corrected chi connectivity index (χ1v) is 2.15. The van der Waals surface area contributed by atoms with Gasteiger partial charge in [0, 0.05) is 0 Å². The molecule has 2 nitrogen and oxygen atoms in total. The molecular weight excluding hydrogens is 80.0 g/mol. The first-order valence-electron chi connectivity index (χ1n) is 2.15. The van der Waals surface area contributed by atoms with Gasteiger partial charge in [-0.25, -0.2) is 4.89 Å². The van der Waals surface area contributed by atoms with Gasteiger partial charge in [0.2, 0.25) is 0 Å². The van der Waals surface area contributed by atoms with Gasteiger partial charge in [-0.2, -0.15) is 0 Å². The molecule has 0 aromatic carbocycles. The summed E-state index contributed by atoms with van der Waals surface area (Å²) in [6, 6.07) is 0. The lowest BCUT2D eigenvalue weighted by molar-refractivity contribution is -0.255. The summed E-state index contributed by atoms with van der Waals surface area (Å²) in [6.45, 7) is 2.04. The van der Waals surface area contributed by atoms with Crippen molar-refractivity contribution in [2.45, 2.75) is 19.4 Å². The average Bonchev–Trinajstić information content (AvgIpc) is 2.19. The normalized spacial score (nSPS) is 43.0. The highest BCUT2D eigenvalue weighted by Crippen LogP contribution is 2.31. The second-order valence-electron chi connectivity index (χ2n) is 1.86. The van der Waals surface area contributed by atoms with Gasteiger partial charge >= 0.3 is 0 Å². The van der Waals surface area contributed by atoms with Crippen molar-refractivity contribution in [2.24, 2.45) is 5.92 Å². The van der Waals surface area contributed by atoms with Crippen LogP contribution in [0.5, 0.6) is 0 Å². The fourth-order valence-corrected chi connectivity index (χ4v) is 0.435. The van der Waals surface area contributed by atoms with Crippen molar-refractivity contribution in [3.63, 3.8) is 0 Å². The predicted octanol–water partition coefficient (Wildman–Crippen LogP) is 0.884. The Morgan fingerprint density at radius 1 is 1.83 bits per heavy atom. The third-order valence-corrected chi connectivity index (χ3v) is 1.17. The molecule has 0 aliphatic heterocycles.